The molecule has 8 nitrogen and oxygen atoms in total. The molecule has 1 atom stereocenters. The first-order valence-electron chi connectivity index (χ1n) is 11.2. The molecule has 2 aromatic carbocycles. The van der Waals surface area contributed by atoms with Gasteiger partial charge in [0, 0.05) is 30.2 Å². The fourth-order valence-electron chi connectivity index (χ4n) is 3.71. The van der Waals surface area contributed by atoms with Crippen molar-refractivity contribution in [2.45, 2.75) is 35.6 Å². The Bertz CT molecular complexity index is 1560. The average Bonchev–Trinajstić information content (AvgIpc) is 3.19. The molecule has 2 N–H and O–H groups in total. The van der Waals surface area contributed by atoms with Gasteiger partial charge in [-0.15, -0.1) is 11.3 Å². The Hall–Kier alpha value is -2.99. The van der Waals surface area contributed by atoms with Crippen LogP contribution in [0.25, 0.3) is 21.3 Å². The zero-order valence-electron chi connectivity index (χ0n) is 20.2. The van der Waals surface area contributed by atoms with Crippen LogP contribution in [0.5, 0.6) is 0 Å². The summed E-state index contributed by atoms with van der Waals surface area (Å²) in [4.78, 5) is 35.3. The third-order valence-corrected chi connectivity index (χ3v) is 9.67. The number of sulfonamides is 1. The van der Waals surface area contributed by atoms with Gasteiger partial charge in [0.15, 0.2) is 5.16 Å². The summed E-state index contributed by atoms with van der Waals surface area (Å²) in [6, 6.07) is 15.7. The minimum atomic E-state index is -3.55. The second kappa shape index (κ2) is 10.6. The van der Waals surface area contributed by atoms with Gasteiger partial charge >= 0.3 is 0 Å². The van der Waals surface area contributed by atoms with E-state index in [0.717, 1.165) is 20.3 Å². The predicted molar refractivity (Wildman–Crippen MR) is 146 cm³/mol. The number of carbonyl (C=O) groups is 1. The van der Waals surface area contributed by atoms with Gasteiger partial charge in [-0.25, -0.2) is 17.7 Å². The van der Waals surface area contributed by atoms with Crippen LogP contribution in [0.15, 0.2) is 69.4 Å². The van der Waals surface area contributed by atoms with Crippen LogP contribution < -0.4 is 10.9 Å². The fraction of sp³-hybridized carbons (Fsp3) is 0.240. The maximum atomic E-state index is 13.0. The van der Waals surface area contributed by atoms with Crippen LogP contribution in [0.4, 0.5) is 5.69 Å². The second-order valence-electron chi connectivity index (χ2n) is 8.27. The molecular formula is C25H26N4O4S3. The van der Waals surface area contributed by atoms with Crippen LogP contribution in [-0.2, 0) is 14.8 Å². The maximum absolute atomic E-state index is 13.0. The number of nitrogens with zero attached hydrogens (tertiary/aromatic N) is 2. The predicted octanol–water partition coefficient (Wildman–Crippen LogP) is 4.72. The van der Waals surface area contributed by atoms with E-state index in [1.807, 2.05) is 44.2 Å². The van der Waals surface area contributed by atoms with Gasteiger partial charge in [-0.05, 0) is 43.2 Å². The number of hydrogen-bond acceptors (Lipinski definition) is 7. The number of benzene rings is 2. The number of aryl methyl sites for hydroxylation is 1. The second-order valence-corrected chi connectivity index (χ2v) is 12.8. The van der Waals surface area contributed by atoms with E-state index < -0.39 is 15.3 Å². The number of hydrogen-bond donors (Lipinski definition) is 2. The average molecular weight is 543 g/mol. The number of thiophene rings is 1. The normalized spacial score (nSPS) is 12.7. The molecule has 0 aliphatic heterocycles. The molecule has 1 unspecified atom stereocenters. The molecule has 0 bridgehead atoms. The van der Waals surface area contributed by atoms with Crippen molar-refractivity contribution in [3.05, 3.63) is 69.8 Å². The number of rotatable bonds is 8. The number of fused-ring (bicyclic) bond motifs is 1. The molecule has 4 aromatic rings. The Morgan fingerprint density at radius 3 is 2.42 bits per heavy atom. The Kier molecular flexibility index (Phi) is 7.65. The molecule has 0 saturated carbocycles. The molecule has 0 saturated heterocycles. The molecule has 188 valence electrons. The standard InChI is InChI=1S/C25H26N4O4S3/c1-5-19(22(30)26-17-11-13-18(14-12-17)36(32,33)29(3)4)35-25-27-23(31)21-20(15(2)34-24(21)28-25)16-9-7-6-8-10-16/h6-14,19H,5H2,1-4H3,(H,26,30)(H,27,28,31). The number of anilines is 1. The van der Waals surface area contributed by atoms with E-state index in [2.05, 4.69) is 15.3 Å². The van der Waals surface area contributed by atoms with Crippen molar-refractivity contribution >= 4 is 54.9 Å². The van der Waals surface area contributed by atoms with Crippen LogP contribution in [0.1, 0.15) is 18.2 Å². The van der Waals surface area contributed by atoms with E-state index in [1.54, 1.807) is 12.1 Å². The molecule has 1 amide bonds. The van der Waals surface area contributed by atoms with Crippen LogP contribution in [-0.4, -0.2) is 47.9 Å². The number of thioether (sulfide) groups is 1. The Morgan fingerprint density at radius 2 is 1.81 bits per heavy atom. The quantitative estimate of drug-likeness (QED) is 0.246. The molecule has 36 heavy (non-hydrogen) atoms. The van der Waals surface area contributed by atoms with Crippen LogP contribution in [0.2, 0.25) is 0 Å². The highest BCUT2D eigenvalue weighted by Crippen LogP contribution is 2.36. The minimum absolute atomic E-state index is 0.142. The van der Waals surface area contributed by atoms with Crippen LogP contribution in [0, 0.1) is 6.92 Å². The molecule has 2 heterocycles. The van der Waals surface area contributed by atoms with E-state index in [-0.39, 0.29) is 16.4 Å². The zero-order chi connectivity index (χ0) is 26.0. The Labute approximate surface area is 217 Å². The lowest BCUT2D eigenvalue weighted by molar-refractivity contribution is -0.115. The van der Waals surface area contributed by atoms with E-state index in [9.17, 15) is 18.0 Å². The smallest absolute Gasteiger partial charge is 0.260 e. The summed E-state index contributed by atoms with van der Waals surface area (Å²) in [6.45, 7) is 3.85. The minimum Gasteiger partial charge on any atom is -0.325 e. The largest absolute Gasteiger partial charge is 0.325 e. The topological polar surface area (TPSA) is 112 Å². The van der Waals surface area contributed by atoms with Crippen molar-refractivity contribution in [2.75, 3.05) is 19.4 Å². The van der Waals surface area contributed by atoms with Gasteiger partial charge in [-0.3, -0.25) is 9.59 Å². The SMILES string of the molecule is CCC(Sc1nc2sc(C)c(-c3ccccc3)c2c(=O)[nH]1)C(=O)Nc1ccc(S(=O)(=O)N(C)C)cc1. The number of carbonyl (C=O) groups excluding carboxylic acids is 1. The van der Waals surface area contributed by atoms with Gasteiger partial charge in [0.1, 0.15) is 4.83 Å². The highest BCUT2D eigenvalue weighted by Gasteiger charge is 2.23. The van der Waals surface area contributed by atoms with E-state index in [1.165, 1.54) is 49.3 Å². The Morgan fingerprint density at radius 1 is 1.14 bits per heavy atom. The molecule has 0 radical (unpaired) electrons. The number of aromatic amines is 1. The molecule has 11 heteroatoms. The van der Waals surface area contributed by atoms with Crippen molar-refractivity contribution in [2.24, 2.45) is 0 Å². The first-order chi connectivity index (χ1) is 17.1. The van der Waals surface area contributed by atoms with Crippen molar-refractivity contribution in [1.29, 1.82) is 0 Å². The third kappa shape index (κ3) is 5.24. The van der Waals surface area contributed by atoms with Crippen molar-refractivity contribution in [3.63, 3.8) is 0 Å². The number of nitrogens with one attached hydrogen (secondary N) is 2. The van der Waals surface area contributed by atoms with Crippen LogP contribution >= 0.6 is 23.1 Å². The lowest BCUT2D eigenvalue weighted by Gasteiger charge is -2.15. The highest BCUT2D eigenvalue weighted by molar-refractivity contribution is 8.00. The fourth-order valence-corrected chi connectivity index (χ4v) is 6.61. The lowest BCUT2D eigenvalue weighted by Crippen LogP contribution is -2.25. The first-order valence-corrected chi connectivity index (χ1v) is 14.3. The van der Waals surface area contributed by atoms with Crippen molar-refractivity contribution < 1.29 is 13.2 Å². The summed E-state index contributed by atoms with van der Waals surface area (Å²) in [5.41, 5.74) is 2.09. The van der Waals surface area contributed by atoms with Gasteiger partial charge in [0.25, 0.3) is 5.56 Å². The summed E-state index contributed by atoms with van der Waals surface area (Å²) in [5.74, 6) is -0.263. The number of H-pyrrole nitrogens is 1. The molecule has 4 rings (SSSR count). The van der Waals surface area contributed by atoms with Crippen LogP contribution in [0.3, 0.4) is 0 Å². The van der Waals surface area contributed by atoms with Gasteiger partial charge in [-0.2, -0.15) is 0 Å². The third-order valence-electron chi connectivity index (χ3n) is 5.60. The maximum Gasteiger partial charge on any atom is 0.260 e. The van der Waals surface area contributed by atoms with Gasteiger partial charge in [-0.1, -0.05) is 49.0 Å². The lowest BCUT2D eigenvalue weighted by atomic mass is 10.0. The molecule has 2 aromatic heterocycles. The van der Waals surface area contributed by atoms with Crippen molar-refractivity contribution in [3.8, 4) is 11.1 Å². The number of aromatic nitrogens is 2. The van der Waals surface area contributed by atoms with E-state index >= 15 is 0 Å². The summed E-state index contributed by atoms with van der Waals surface area (Å²) in [7, 11) is -0.625. The van der Waals surface area contributed by atoms with Gasteiger partial charge in [0.05, 0.1) is 15.5 Å². The monoisotopic (exact) mass is 542 g/mol. The summed E-state index contributed by atoms with van der Waals surface area (Å²) in [5, 5.41) is 3.24. The Balaban J connectivity index is 1.55. The summed E-state index contributed by atoms with van der Waals surface area (Å²) in [6.07, 6.45) is 0.504. The first kappa shape index (κ1) is 26.1. The zero-order valence-corrected chi connectivity index (χ0v) is 22.7. The summed E-state index contributed by atoms with van der Waals surface area (Å²) < 4.78 is 25.6. The van der Waals surface area contributed by atoms with E-state index in [4.69, 9.17) is 0 Å². The molecule has 0 aliphatic carbocycles. The van der Waals surface area contributed by atoms with Gasteiger partial charge in [0.2, 0.25) is 15.9 Å². The van der Waals surface area contributed by atoms with E-state index in [0.29, 0.717) is 27.5 Å². The van der Waals surface area contributed by atoms with Crippen molar-refractivity contribution in [1.82, 2.24) is 14.3 Å². The molecular weight excluding hydrogens is 517 g/mol. The highest BCUT2D eigenvalue weighted by atomic mass is 32.2. The summed E-state index contributed by atoms with van der Waals surface area (Å²) >= 11 is 2.65. The number of amides is 1. The van der Waals surface area contributed by atoms with Gasteiger partial charge < -0.3 is 10.3 Å². The molecule has 0 fully saturated rings. The molecule has 0 aliphatic rings. The molecule has 0 spiro atoms.